The Bertz CT molecular complexity index is 770. The highest BCUT2D eigenvalue weighted by Gasteiger charge is 2.11. The number of benzene rings is 2. The Labute approximate surface area is 134 Å². The Morgan fingerprint density at radius 1 is 1.10 bits per heavy atom. The van der Waals surface area contributed by atoms with Gasteiger partial charge in [-0.2, -0.15) is 0 Å². The highest BCUT2D eigenvalue weighted by Crippen LogP contribution is 2.31. The molecule has 20 heavy (non-hydrogen) atoms. The average Bonchev–Trinajstić information content (AvgIpc) is 2.76. The summed E-state index contributed by atoms with van der Waals surface area (Å²) in [6.07, 6.45) is 0. The van der Waals surface area contributed by atoms with Crippen molar-refractivity contribution >= 4 is 55.8 Å². The number of para-hydroxylation sites is 1. The lowest BCUT2D eigenvalue weighted by Crippen LogP contribution is -1.99. The number of anilines is 1. The van der Waals surface area contributed by atoms with Crippen molar-refractivity contribution in [3.05, 3.63) is 62.7 Å². The number of nitrogens with one attached hydrogen (secondary N) is 1. The first-order valence-corrected chi connectivity index (χ1v) is 7.55. The minimum absolute atomic E-state index is 0.423. The molecule has 102 valence electrons. The van der Waals surface area contributed by atoms with E-state index >= 15 is 0 Å². The van der Waals surface area contributed by atoms with Gasteiger partial charge in [-0.1, -0.05) is 29.8 Å². The van der Waals surface area contributed by atoms with Crippen LogP contribution in [0.4, 0.5) is 5.69 Å². The van der Waals surface area contributed by atoms with Crippen LogP contribution >= 0.6 is 39.1 Å². The molecule has 0 saturated heterocycles. The predicted octanol–water partition coefficient (Wildman–Crippen LogP) is 6.11. The molecule has 1 heterocycles. The molecule has 0 bridgehead atoms. The Morgan fingerprint density at radius 3 is 2.70 bits per heavy atom. The molecule has 0 aliphatic rings. The molecule has 0 atom stereocenters. The van der Waals surface area contributed by atoms with Crippen LogP contribution in [-0.2, 0) is 6.54 Å². The minimum Gasteiger partial charge on any atom is -0.444 e. The van der Waals surface area contributed by atoms with Crippen molar-refractivity contribution in [1.29, 1.82) is 0 Å². The highest BCUT2D eigenvalue weighted by molar-refractivity contribution is 9.10. The summed E-state index contributed by atoms with van der Waals surface area (Å²) in [4.78, 5) is 0. The second-order valence-electron chi connectivity index (χ2n) is 4.33. The van der Waals surface area contributed by atoms with E-state index in [1.54, 1.807) is 0 Å². The average molecular weight is 371 g/mol. The SMILES string of the molecule is Clc1ccc(NCc2c(Cl)oc3ccccc23)cc1Br. The van der Waals surface area contributed by atoms with Crippen molar-refractivity contribution in [2.45, 2.75) is 6.54 Å². The number of furan rings is 1. The highest BCUT2D eigenvalue weighted by atomic mass is 79.9. The molecule has 5 heteroatoms. The van der Waals surface area contributed by atoms with Crippen molar-refractivity contribution in [3.63, 3.8) is 0 Å². The Hall–Kier alpha value is -1.16. The van der Waals surface area contributed by atoms with E-state index in [0.29, 0.717) is 16.8 Å². The molecule has 2 nitrogen and oxygen atoms in total. The molecule has 0 aliphatic heterocycles. The summed E-state index contributed by atoms with van der Waals surface area (Å²) in [5, 5.41) is 5.45. The van der Waals surface area contributed by atoms with E-state index in [9.17, 15) is 0 Å². The van der Waals surface area contributed by atoms with Gasteiger partial charge in [-0.05, 0) is 51.8 Å². The lowest BCUT2D eigenvalue weighted by Gasteiger charge is -2.07. The molecule has 2 aromatic carbocycles. The van der Waals surface area contributed by atoms with Crippen LogP contribution < -0.4 is 5.32 Å². The number of hydrogen-bond acceptors (Lipinski definition) is 2. The first-order valence-electron chi connectivity index (χ1n) is 6.00. The molecule has 0 unspecified atom stereocenters. The molecule has 3 rings (SSSR count). The Balaban J connectivity index is 1.86. The van der Waals surface area contributed by atoms with Crippen LogP contribution in [-0.4, -0.2) is 0 Å². The molecular weight excluding hydrogens is 361 g/mol. The van der Waals surface area contributed by atoms with Crippen molar-refractivity contribution in [2.75, 3.05) is 5.32 Å². The van der Waals surface area contributed by atoms with Gasteiger partial charge < -0.3 is 9.73 Å². The van der Waals surface area contributed by atoms with Gasteiger partial charge in [0.25, 0.3) is 0 Å². The van der Waals surface area contributed by atoms with E-state index in [4.69, 9.17) is 27.6 Å². The van der Waals surface area contributed by atoms with Crippen LogP contribution in [0.2, 0.25) is 10.2 Å². The third-order valence-corrected chi connectivity index (χ3v) is 4.56. The second-order valence-corrected chi connectivity index (χ2v) is 5.94. The molecule has 0 saturated carbocycles. The maximum absolute atomic E-state index is 6.15. The molecule has 0 fully saturated rings. The fourth-order valence-electron chi connectivity index (χ4n) is 2.03. The lowest BCUT2D eigenvalue weighted by atomic mass is 10.2. The molecule has 0 amide bonds. The summed E-state index contributed by atoms with van der Waals surface area (Å²) >= 11 is 15.5. The Kier molecular flexibility index (Phi) is 3.92. The monoisotopic (exact) mass is 369 g/mol. The smallest absolute Gasteiger partial charge is 0.199 e. The minimum atomic E-state index is 0.423. The summed E-state index contributed by atoms with van der Waals surface area (Å²) in [5.41, 5.74) is 2.71. The summed E-state index contributed by atoms with van der Waals surface area (Å²) in [5.74, 6) is 0. The normalized spacial score (nSPS) is 10.9. The fraction of sp³-hybridized carbons (Fsp3) is 0.0667. The molecule has 1 N–H and O–H groups in total. The van der Waals surface area contributed by atoms with E-state index in [1.165, 1.54) is 0 Å². The molecule has 0 radical (unpaired) electrons. The maximum Gasteiger partial charge on any atom is 0.199 e. The summed E-state index contributed by atoms with van der Waals surface area (Å²) < 4.78 is 6.38. The first kappa shape index (κ1) is 13.8. The lowest BCUT2D eigenvalue weighted by molar-refractivity contribution is 0.613. The van der Waals surface area contributed by atoms with E-state index in [1.807, 2.05) is 42.5 Å². The summed E-state index contributed by atoms with van der Waals surface area (Å²) in [6.45, 7) is 0.587. The van der Waals surface area contributed by atoms with Crippen LogP contribution in [0, 0.1) is 0 Å². The summed E-state index contributed by atoms with van der Waals surface area (Å²) in [6, 6.07) is 13.5. The van der Waals surface area contributed by atoms with Gasteiger partial charge in [-0.25, -0.2) is 0 Å². The van der Waals surface area contributed by atoms with Gasteiger partial charge >= 0.3 is 0 Å². The predicted molar refractivity (Wildman–Crippen MR) is 87.7 cm³/mol. The Morgan fingerprint density at radius 2 is 1.90 bits per heavy atom. The third-order valence-electron chi connectivity index (χ3n) is 3.04. The zero-order valence-electron chi connectivity index (χ0n) is 10.3. The van der Waals surface area contributed by atoms with Crippen LogP contribution in [0.5, 0.6) is 0 Å². The number of hydrogen-bond donors (Lipinski definition) is 1. The van der Waals surface area contributed by atoms with Gasteiger partial charge in [0.05, 0.1) is 5.02 Å². The van der Waals surface area contributed by atoms with Crippen LogP contribution in [0.25, 0.3) is 11.0 Å². The van der Waals surface area contributed by atoms with E-state index in [-0.39, 0.29) is 0 Å². The van der Waals surface area contributed by atoms with Crippen molar-refractivity contribution in [3.8, 4) is 0 Å². The topological polar surface area (TPSA) is 25.2 Å². The third kappa shape index (κ3) is 2.66. The van der Waals surface area contributed by atoms with Gasteiger partial charge in [-0.15, -0.1) is 0 Å². The van der Waals surface area contributed by atoms with Crippen LogP contribution in [0.15, 0.2) is 51.4 Å². The van der Waals surface area contributed by atoms with Gasteiger partial charge in [0.15, 0.2) is 5.22 Å². The largest absolute Gasteiger partial charge is 0.444 e. The standard InChI is InChI=1S/C15H10BrCl2NO/c16-12-7-9(5-6-13(12)17)19-8-11-10-3-1-2-4-14(10)20-15(11)18/h1-7,19H,8H2. The fourth-order valence-corrected chi connectivity index (χ4v) is 2.78. The van der Waals surface area contributed by atoms with Crippen molar-refractivity contribution < 1.29 is 4.42 Å². The van der Waals surface area contributed by atoms with Crippen molar-refractivity contribution in [1.82, 2.24) is 0 Å². The van der Waals surface area contributed by atoms with Gasteiger partial charge in [0.2, 0.25) is 0 Å². The van der Waals surface area contributed by atoms with E-state index in [2.05, 4.69) is 21.2 Å². The van der Waals surface area contributed by atoms with Crippen LogP contribution in [0.1, 0.15) is 5.56 Å². The number of rotatable bonds is 3. The number of fused-ring (bicyclic) bond motifs is 1. The van der Waals surface area contributed by atoms with E-state index in [0.717, 1.165) is 26.7 Å². The second kappa shape index (κ2) is 5.68. The molecule has 0 aliphatic carbocycles. The van der Waals surface area contributed by atoms with Gasteiger partial charge in [0.1, 0.15) is 5.58 Å². The van der Waals surface area contributed by atoms with Gasteiger partial charge in [-0.3, -0.25) is 0 Å². The zero-order valence-corrected chi connectivity index (χ0v) is 13.4. The van der Waals surface area contributed by atoms with Crippen LogP contribution in [0.3, 0.4) is 0 Å². The molecular formula is C15H10BrCl2NO. The van der Waals surface area contributed by atoms with E-state index < -0.39 is 0 Å². The van der Waals surface area contributed by atoms with Gasteiger partial charge in [0, 0.05) is 27.7 Å². The van der Waals surface area contributed by atoms with Crippen molar-refractivity contribution in [2.24, 2.45) is 0 Å². The first-order chi connectivity index (χ1) is 9.65. The summed E-state index contributed by atoms with van der Waals surface area (Å²) in [7, 11) is 0. The maximum atomic E-state index is 6.15. The molecule has 3 aromatic rings. The zero-order chi connectivity index (χ0) is 14.1. The quantitative estimate of drug-likeness (QED) is 0.601. The number of halogens is 3. The molecule has 0 spiro atoms. The molecule has 1 aromatic heterocycles.